The molecule has 0 aliphatic carbocycles. The highest BCUT2D eigenvalue weighted by molar-refractivity contribution is 6.57. The highest BCUT2D eigenvalue weighted by Crippen LogP contribution is 2.14. The Morgan fingerprint density at radius 1 is 1.17 bits per heavy atom. The zero-order valence-electron chi connectivity index (χ0n) is 7.58. The summed E-state index contributed by atoms with van der Waals surface area (Å²) >= 11 is 0. The third-order valence-corrected chi connectivity index (χ3v) is 2.23. The molecule has 0 spiro atoms. The van der Waals surface area contributed by atoms with Crippen LogP contribution in [0.4, 0.5) is 0 Å². The molecule has 0 N–H and O–H groups in total. The van der Waals surface area contributed by atoms with Crippen molar-refractivity contribution in [2.75, 3.05) is 13.1 Å². The summed E-state index contributed by atoms with van der Waals surface area (Å²) in [5, 5.41) is 0. The first kappa shape index (κ1) is 9.33. The van der Waals surface area contributed by atoms with E-state index in [0.717, 1.165) is 13.1 Å². The van der Waals surface area contributed by atoms with Gasteiger partial charge in [0.05, 0.1) is 0 Å². The molecule has 0 aromatic carbocycles. The summed E-state index contributed by atoms with van der Waals surface area (Å²) in [4.78, 5) is 2.40. The molecule has 0 amide bonds. The van der Waals surface area contributed by atoms with Crippen molar-refractivity contribution in [3.8, 4) is 0 Å². The van der Waals surface area contributed by atoms with Crippen molar-refractivity contribution in [1.29, 1.82) is 0 Å². The Morgan fingerprint density at radius 3 is 2.08 bits per heavy atom. The van der Waals surface area contributed by atoms with Crippen LogP contribution >= 0.6 is 0 Å². The number of allylic oxidation sites excluding steroid dienone is 2. The first-order chi connectivity index (χ1) is 5.88. The standard InChI is InChI=1S/C10H16BN/c1-3-9-12(10-4-2)11-7-5-6-8-11/h3-6H,1-2,7-10H2. The topological polar surface area (TPSA) is 3.24 Å². The largest absolute Gasteiger partial charge is 0.335 e. The Labute approximate surface area is 75.6 Å². The van der Waals surface area contributed by atoms with Gasteiger partial charge >= 0.3 is 0 Å². The highest BCUT2D eigenvalue weighted by Gasteiger charge is 2.21. The number of nitrogens with zero attached hydrogens (tertiary/aromatic N) is 1. The summed E-state index contributed by atoms with van der Waals surface area (Å²) in [6.07, 6.45) is 10.8. The van der Waals surface area contributed by atoms with Gasteiger partial charge in [0.2, 0.25) is 6.85 Å². The zero-order valence-corrected chi connectivity index (χ0v) is 7.58. The van der Waals surface area contributed by atoms with Crippen LogP contribution in [0.2, 0.25) is 12.6 Å². The first-order valence-corrected chi connectivity index (χ1v) is 4.49. The van der Waals surface area contributed by atoms with Crippen LogP contribution in [0, 0.1) is 0 Å². The summed E-state index contributed by atoms with van der Waals surface area (Å²) in [5.41, 5.74) is 0. The van der Waals surface area contributed by atoms with Crippen LogP contribution in [0.25, 0.3) is 0 Å². The van der Waals surface area contributed by atoms with E-state index in [2.05, 4.69) is 30.1 Å². The summed E-state index contributed by atoms with van der Waals surface area (Å²) < 4.78 is 0. The van der Waals surface area contributed by atoms with Crippen LogP contribution in [-0.2, 0) is 0 Å². The Kier molecular flexibility index (Phi) is 3.88. The van der Waals surface area contributed by atoms with Crippen molar-refractivity contribution in [2.24, 2.45) is 0 Å². The molecule has 0 saturated heterocycles. The lowest BCUT2D eigenvalue weighted by molar-refractivity contribution is 0.530. The van der Waals surface area contributed by atoms with E-state index in [1.54, 1.807) is 0 Å². The minimum Gasteiger partial charge on any atom is -0.335 e. The molecule has 1 rings (SSSR count). The van der Waals surface area contributed by atoms with Crippen LogP contribution in [0.15, 0.2) is 37.5 Å². The molecule has 64 valence electrons. The fourth-order valence-corrected chi connectivity index (χ4v) is 1.61. The quantitative estimate of drug-likeness (QED) is 0.441. The molecule has 0 bridgehead atoms. The average Bonchev–Trinajstić information content (AvgIpc) is 2.56. The maximum Gasteiger partial charge on any atom is 0.231 e. The molecule has 1 aliphatic rings. The Bertz CT molecular complexity index is 168. The van der Waals surface area contributed by atoms with Gasteiger partial charge in [-0.1, -0.05) is 24.3 Å². The van der Waals surface area contributed by atoms with Gasteiger partial charge in [-0.25, -0.2) is 0 Å². The Balaban J connectivity index is 2.40. The van der Waals surface area contributed by atoms with Crippen molar-refractivity contribution < 1.29 is 0 Å². The van der Waals surface area contributed by atoms with Crippen LogP contribution in [0.5, 0.6) is 0 Å². The lowest BCUT2D eigenvalue weighted by Crippen LogP contribution is -2.37. The minimum atomic E-state index is 0.681. The Hall–Kier alpha value is -0.755. The number of rotatable bonds is 5. The lowest BCUT2D eigenvalue weighted by atomic mass is 9.58. The summed E-state index contributed by atoms with van der Waals surface area (Å²) in [6.45, 7) is 10.1. The maximum atomic E-state index is 3.76. The van der Waals surface area contributed by atoms with Crippen LogP contribution in [-0.4, -0.2) is 24.7 Å². The second-order valence-corrected chi connectivity index (χ2v) is 3.13. The minimum absolute atomic E-state index is 0.681. The van der Waals surface area contributed by atoms with Crippen LogP contribution in [0.1, 0.15) is 0 Å². The van der Waals surface area contributed by atoms with Gasteiger partial charge in [-0.3, -0.25) is 0 Å². The van der Waals surface area contributed by atoms with Gasteiger partial charge in [0.15, 0.2) is 0 Å². The van der Waals surface area contributed by atoms with Gasteiger partial charge in [0.25, 0.3) is 0 Å². The Morgan fingerprint density at radius 2 is 1.67 bits per heavy atom. The molecule has 2 heteroatoms. The van der Waals surface area contributed by atoms with Crippen molar-refractivity contribution in [1.82, 2.24) is 4.81 Å². The highest BCUT2D eigenvalue weighted by atomic mass is 15.0. The van der Waals surface area contributed by atoms with Gasteiger partial charge in [0.1, 0.15) is 0 Å². The molecule has 1 aliphatic heterocycles. The van der Waals surface area contributed by atoms with Gasteiger partial charge in [-0.05, 0) is 12.6 Å². The fourth-order valence-electron chi connectivity index (χ4n) is 1.61. The van der Waals surface area contributed by atoms with Crippen molar-refractivity contribution in [3.05, 3.63) is 37.5 Å². The molecular weight excluding hydrogens is 145 g/mol. The van der Waals surface area contributed by atoms with Crippen molar-refractivity contribution in [3.63, 3.8) is 0 Å². The van der Waals surface area contributed by atoms with Gasteiger partial charge in [-0.15, -0.1) is 13.2 Å². The molecule has 12 heavy (non-hydrogen) atoms. The molecule has 1 heterocycles. The van der Waals surface area contributed by atoms with Gasteiger partial charge < -0.3 is 4.81 Å². The third-order valence-electron chi connectivity index (χ3n) is 2.23. The SMILES string of the molecule is C=CCN(CC=C)B1CC=CC1. The average molecular weight is 161 g/mol. The molecular formula is C10H16BN. The summed E-state index contributed by atoms with van der Waals surface area (Å²) in [5.74, 6) is 0. The van der Waals surface area contributed by atoms with Crippen LogP contribution < -0.4 is 0 Å². The molecule has 0 aromatic rings. The normalized spacial score (nSPS) is 15.6. The second-order valence-electron chi connectivity index (χ2n) is 3.13. The monoisotopic (exact) mass is 161 g/mol. The van der Waals surface area contributed by atoms with Gasteiger partial charge in [-0.2, -0.15) is 0 Å². The first-order valence-electron chi connectivity index (χ1n) is 4.49. The lowest BCUT2D eigenvalue weighted by Gasteiger charge is -2.23. The van der Waals surface area contributed by atoms with Crippen molar-refractivity contribution >= 4 is 6.85 Å². The maximum absolute atomic E-state index is 3.76. The predicted octanol–water partition coefficient (Wildman–Crippen LogP) is 2.22. The molecule has 0 radical (unpaired) electrons. The number of hydrogen-bond acceptors (Lipinski definition) is 1. The number of hydrogen-bond donors (Lipinski definition) is 0. The molecule has 0 unspecified atom stereocenters. The smallest absolute Gasteiger partial charge is 0.231 e. The molecule has 0 aromatic heterocycles. The molecule has 0 atom stereocenters. The van der Waals surface area contributed by atoms with Crippen LogP contribution in [0.3, 0.4) is 0 Å². The van der Waals surface area contributed by atoms with Gasteiger partial charge in [0, 0.05) is 13.1 Å². The van der Waals surface area contributed by atoms with E-state index >= 15 is 0 Å². The molecule has 0 fully saturated rings. The van der Waals surface area contributed by atoms with E-state index in [1.165, 1.54) is 12.6 Å². The second kappa shape index (κ2) is 4.99. The predicted molar refractivity (Wildman–Crippen MR) is 56.5 cm³/mol. The van der Waals surface area contributed by atoms with E-state index in [1.807, 2.05) is 12.2 Å². The molecule has 0 saturated carbocycles. The zero-order chi connectivity index (χ0) is 8.81. The summed E-state index contributed by atoms with van der Waals surface area (Å²) in [7, 11) is 0. The fraction of sp³-hybridized carbons (Fsp3) is 0.400. The van der Waals surface area contributed by atoms with E-state index in [9.17, 15) is 0 Å². The molecule has 1 nitrogen and oxygen atoms in total. The van der Waals surface area contributed by atoms with Crippen molar-refractivity contribution in [2.45, 2.75) is 12.6 Å². The van der Waals surface area contributed by atoms with E-state index in [0.29, 0.717) is 6.85 Å². The van der Waals surface area contributed by atoms with E-state index in [-0.39, 0.29) is 0 Å². The summed E-state index contributed by atoms with van der Waals surface area (Å²) in [6, 6.07) is 0. The van der Waals surface area contributed by atoms with E-state index in [4.69, 9.17) is 0 Å². The third kappa shape index (κ3) is 2.38. The van der Waals surface area contributed by atoms with E-state index < -0.39 is 0 Å².